The van der Waals surface area contributed by atoms with Crippen LogP contribution in [0, 0.1) is 20.8 Å². The average molecular weight is 351 g/mol. The Kier molecular flexibility index (Phi) is 3.40. The first-order valence-corrected chi connectivity index (χ1v) is 9.42. The topological polar surface area (TPSA) is 63.2 Å². The lowest BCUT2D eigenvalue weighted by molar-refractivity contribution is 0.593. The van der Waals surface area contributed by atoms with Crippen LogP contribution in [0.1, 0.15) is 16.7 Å². The molecular formula is C19H17N3O2S. The van der Waals surface area contributed by atoms with Gasteiger partial charge in [-0.1, -0.05) is 17.7 Å². The number of hydrogen-bond acceptors (Lipinski definition) is 5. The Morgan fingerprint density at radius 2 is 1.32 bits per heavy atom. The van der Waals surface area contributed by atoms with Crippen LogP contribution in [0.5, 0.6) is 0 Å². The first kappa shape index (κ1) is 15.8. The Bertz CT molecular complexity index is 1030. The molecule has 1 aliphatic rings. The van der Waals surface area contributed by atoms with Gasteiger partial charge in [0, 0.05) is 12.4 Å². The summed E-state index contributed by atoms with van der Waals surface area (Å²) in [5.41, 5.74) is 4.17. The number of sulfone groups is 1. The van der Waals surface area contributed by atoms with Crippen molar-refractivity contribution in [1.82, 2.24) is 9.97 Å². The van der Waals surface area contributed by atoms with Crippen LogP contribution in [0.15, 0.2) is 58.6 Å². The van der Waals surface area contributed by atoms with Crippen molar-refractivity contribution in [3.8, 4) is 0 Å². The summed E-state index contributed by atoms with van der Waals surface area (Å²) in [4.78, 5) is 11.0. The summed E-state index contributed by atoms with van der Waals surface area (Å²) in [6.45, 7) is 6.08. The first-order valence-electron chi connectivity index (χ1n) is 7.94. The molecular weight excluding hydrogens is 334 g/mol. The van der Waals surface area contributed by atoms with Gasteiger partial charge in [-0.3, -0.25) is 4.90 Å². The molecule has 0 aliphatic carbocycles. The van der Waals surface area contributed by atoms with E-state index in [1.165, 1.54) is 0 Å². The van der Waals surface area contributed by atoms with Gasteiger partial charge in [-0.15, -0.1) is 0 Å². The quantitative estimate of drug-likeness (QED) is 0.518. The molecule has 3 aromatic rings. The monoisotopic (exact) mass is 351 g/mol. The molecule has 0 amide bonds. The highest BCUT2D eigenvalue weighted by Gasteiger charge is 2.37. The molecule has 1 aliphatic heterocycles. The third-order valence-electron chi connectivity index (χ3n) is 4.36. The molecule has 0 N–H and O–H groups in total. The fourth-order valence-corrected chi connectivity index (χ4v) is 5.00. The molecule has 0 saturated heterocycles. The maximum absolute atomic E-state index is 13.0. The Morgan fingerprint density at radius 3 is 1.80 bits per heavy atom. The van der Waals surface area contributed by atoms with Gasteiger partial charge in [0.1, 0.15) is 9.79 Å². The predicted octanol–water partition coefficient (Wildman–Crippen LogP) is 4.02. The van der Waals surface area contributed by atoms with E-state index in [1.54, 1.807) is 36.7 Å². The van der Waals surface area contributed by atoms with Gasteiger partial charge < -0.3 is 0 Å². The van der Waals surface area contributed by atoms with Crippen LogP contribution in [0.25, 0.3) is 0 Å². The number of rotatable bonds is 1. The number of hydrogen-bond donors (Lipinski definition) is 0. The number of benzene rings is 1. The number of nitrogens with zero attached hydrogens (tertiary/aromatic N) is 3. The number of anilines is 3. The Morgan fingerprint density at radius 1 is 0.840 bits per heavy atom. The van der Waals surface area contributed by atoms with Crippen LogP contribution in [0.3, 0.4) is 0 Å². The van der Waals surface area contributed by atoms with E-state index in [9.17, 15) is 8.42 Å². The van der Waals surface area contributed by atoms with E-state index < -0.39 is 9.84 Å². The summed E-state index contributed by atoms with van der Waals surface area (Å²) >= 11 is 0. The second-order valence-corrected chi connectivity index (χ2v) is 8.12. The number of pyridine rings is 2. The molecule has 0 radical (unpaired) electrons. The Balaban J connectivity index is 2.12. The zero-order chi connectivity index (χ0) is 17.8. The summed E-state index contributed by atoms with van der Waals surface area (Å²) in [6, 6.07) is 10.6. The molecule has 0 saturated carbocycles. The molecule has 0 bridgehead atoms. The van der Waals surface area contributed by atoms with E-state index in [2.05, 4.69) is 22.1 Å². The van der Waals surface area contributed by atoms with Crippen LogP contribution in [0.2, 0.25) is 0 Å². The van der Waals surface area contributed by atoms with E-state index in [4.69, 9.17) is 0 Å². The Labute approximate surface area is 146 Å². The molecule has 0 unspecified atom stereocenters. The van der Waals surface area contributed by atoms with Crippen molar-refractivity contribution in [1.29, 1.82) is 0 Å². The largest absolute Gasteiger partial charge is 0.276 e. The summed E-state index contributed by atoms with van der Waals surface area (Å²) in [7, 11) is -3.64. The maximum atomic E-state index is 13.0. The second kappa shape index (κ2) is 5.39. The minimum absolute atomic E-state index is 0.204. The maximum Gasteiger partial charge on any atom is 0.213 e. The van der Waals surface area contributed by atoms with Gasteiger partial charge in [0.2, 0.25) is 9.84 Å². The highest BCUT2D eigenvalue weighted by Crippen LogP contribution is 2.47. The molecule has 5 nitrogen and oxygen atoms in total. The molecule has 0 fully saturated rings. The van der Waals surface area contributed by atoms with Gasteiger partial charge in [0.25, 0.3) is 0 Å². The van der Waals surface area contributed by atoms with Gasteiger partial charge in [-0.2, -0.15) is 0 Å². The van der Waals surface area contributed by atoms with Crippen molar-refractivity contribution in [3.05, 3.63) is 65.5 Å². The van der Waals surface area contributed by atoms with Crippen molar-refractivity contribution in [2.45, 2.75) is 30.6 Å². The molecule has 2 aromatic heterocycles. The van der Waals surface area contributed by atoms with Gasteiger partial charge >= 0.3 is 0 Å². The van der Waals surface area contributed by atoms with Gasteiger partial charge in [-0.05, 0) is 56.2 Å². The van der Waals surface area contributed by atoms with E-state index >= 15 is 0 Å². The predicted molar refractivity (Wildman–Crippen MR) is 96.4 cm³/mol. The fourth-order valence-electron chi connectivity index (χ4n) is 3.48. The van der Waals surface area contributed by atoms with E-state index in [0.29, 0.717) is 11.6 Å². The third-order valence-corrected chi connectivity index (χ3v) is 6.16. The minimum Gasteiger partial charge on any atom is -0.276 e. The van der Waals surface area contributed by atoms with Gasteiger partial charge in [-0.25, -0.2) is 18.4 Å². The normalized spacial score (nSPS) is 14.8. The zero-order valence-corrected chi connectivity index (χ0v) is 15.0. The number of aryl methyl sites for hydroxylation is 3. The smallest absolute Gasteiger partial charge is 0.213 e. The third kappa shape index (κ3) is 2.25. The van der Waals surface area contributed by atoms with Crippen LogP contribution in [-0.4, -0.2) is 18.4 Å². The molecule has 4 rings (SSSR count). The highest BCUT2D eigenvalue weighted by molar-refractivity contribution is 7.92. The summed E-state index contributed by atoms with van der Waals surface area (Å²) < 4.78 is 26.0. The van der Waals surface area contributed by atoms with Crippen molar-refractivity contribution in [2.75, 3.05) is 4.90 Å². The van der Waals surface area contributed by atoms with Crippen molar-refractivity contribution in [3.63, 3.8) is 0 Å². The summed E-state index contributed by atoms with van der Waals surface area (Å²) in [6.07, 6.45) is 3.21. The lowest BCUT2D eigenvalue weighted by Gasteiger charge is -2.32. The summed E-state index contributed by atoms with van der Waals surface area (Å²) in [5, 5.41) is 0. The van der Waals surface area contributed by atoms with Crippen LogP contribution in [-0.2, 0) is 9.84 Å². The number of aromatic nitrogens is 2. The molecule has 126 valence electrons. The molecule has 1 aromatic carbocycles. The van der Waals surface area contributed by atoms with Crippen LogP contribution in [0.4, 0.5) is 17.3 Å². The fraction of sp³-hybridized carbons (Fsp3) is 0.158. The molecule has 0 atom stereocenters. The molecule has 6 heteroatoms. The van der Waals surface area contributed by atoms with Crippen LogP contribution >= 0.6 is 0 Å². The second-order valence-electron chi connectivity index (χ2n) is 6.24. The van der Waals surface area contributed by atoms with Gasteiger partial charge in [0.15, 0.2) is 11.6 Å². The molecule has 3 heterocycles. The standard InChI is InChI=1S/C19H17N3O2S/c1-12-10-13(2)17(14(3)11-12)22-18-15(6-4-8-20-18)25(23,24)16-7-5-9-21-19(16)22/h4-11H,1-3H3. The lowest BCUT2D eigenvalue weighted by atomic mass is 10.0. The molecule has 0 spiro atoms. The first-order chi connectivity index (χ1) is 11.9. The highest BCUT2D eigenvalue weighted by atomic mass is 32.2. The van der Waals surface area contributed by atoms with Crippen LogP contribution < -0.4 is 4.90 Å². The van der Waals surface area contributed by atoms with E-state index in [0.717, 1.165) is 22.4 Å². The SMILES string of the molecule is Cc1cc(C)c(N2c3ncccc3S(=O)(=O)c3cccnc32)c(C)c1. The number of fused-ring (bicyclic) bond motifs is 2. The summed E-state index contributed by atoms with van der Waals surface area (Å²) in [5.74, 6) is 0.785. The van der Waals surface area contributed by atoms with Gasteiger partial charge in [0.05, 0.1) is 5.69 Å². The Hall–Kier alpha value is -2.73. The van der Waals surface area contributed by atoms with Crippen molar-refractivity contribution < 1.29 is 8.42 Å². The molecule has 25 heavy (non-hydrogen) atoms. The lowest BCUT2D eigenvalue weighted by Crippen LogP contribution is -2.25. The average Bonchev–Trinajstić information content (AvgIpc) is 2.57. The van der Waals surface area contributed by atoms with Crippen molar-refractivity contribution >= 4 is 27.2 Å². The van der Waals surface area contributed by atoms with E-state index in [1.807, 2.05) is 25.7 Å². The van der Waals surface area contributed by atoms with E-state index in [-0.39, 0.29) is 9.79 Å². The van der Waals surface area contributed by atoms with Crippen molar-refractivity contribution in [2.24, 2.45) is 0 Å². The zero-order valence-electron chi connectivity index (χ0n) is 14.2. The minimum atomic E-state index is -3.64.